The molecule has 2 N–H and O–H groups in total. The Morgan fingerprint density at radius 1 is 1.00 bits per heavy atom. The Labute approximate surface area is 114 Å². The van der Waals surface area contributed by atoms with E-state index >= 15 is 0 Å². The number of rotatable bonds is 2. The van der Waals surface area contributed by atoms with Crippen molar-refractivity contribution in [1.82, 2.24) is 10.1 Å². The molecule has 1 saturated heterocycles. The Morgan fingerprint density at radius 3 is 2.37 bits per heavy atom. The van der Waals surface area contributed by atoms with Gasteiger partial charge in [0.05, 0.1) is 0 Å². The summed E-state index contributed by atoms with van der Waals surface area (Å²) in [6, 6.07) is 0.365. The number of hydrogen-bond donors (Lipinski definition) is 1. The van der Waals surface area contributed by atoms with E-state index in [2.05, 4.69) is 15.0 Å². The van der Waals surface area contributed by atoms with E-state index in [-0.39, 0.29) is 0 Å². The molecule has 0 unspecified atom stereocenters. The molecule has 0 radical (unpaired) electrons. The molecule has 0 aromatic carbocycles. The van der Waals surface area contributed by atoms with E-state index in [0.29, 0.717) is 12.0 Å². The Bertz CT molecular complexity index is 390. The molecule has 106 valence electrons. The van der Waals surface area contributed by atoms with Crippen LogP contribution < -0.4 is 10.6 Å². The molecule has 1 aliphatic heterocycles. The zero-order chi connectivity index (χ0) is 13.1. The van der Waals surface area contributed by atoms with Crippen LogP contribution in [0.2, 0.25) is 0 Å². The van der Waals surface area contributed by atoms with Crippen LogP contribution in [-0.2, 0) is 0 Å². The van der Waals surface area contributed by atoms with Crippen LogP contribution in [0.25, 0.3) is 0 Å². The van der Waals surface area contributed by atoms with E-state index < -0.39 is 0 Å². The molecule has 5 nitrogen and oxygen atoms in total. The van der Waals surface area contributed by atoms with E-state index in [0.717, 1.165) is 50.6 Å². The van der Waals surface area contributed by atoms with Gasteiger partial charge >= 0.3 is 0 Å². The highest BCUT2D eigenvalue weighted by Crippen LogP contribution is 2.32. The molecule has 2 aliphatic rings. The van der Waals surface area contributed by atoms with Crippen LogP contribution in [0.4, 0.5) is 5.95 Å². The molecule has 3 rings (SSSR count). The quantitative estimate of drug-likeness (QED) is 0.888. The third-order valence-electron chi connectivity index (χ3n) is 4.44. The molecule has 0 amide bonds. The van der Waals surface area contributed by atoms with Crippen LogP contribution in [0.15, 0.2) is 4.52 Å². The lowest BCUT2D eigenvalue weighted by molar-refractivity contribution is 0.301. The third-order valence-corrected chi connectivity index (χ3v) is 4.44. The van der Waals surface area contributed by atoms with Crippen LogP contribution >= 0.6 is 0 Å². The number of nitrogens with zero attached hydrogens (tertiary/aromatic N) is 3. The zero-order valence-corrected chi connectivity index (χ0v) is 11.6. The minimum atomic E-state index is 0.365. The first-order valence-corrected chi connectivity index (χ1v) is 7.67. The van der Waals surface area contributed by atoms with Crippen LogP contribution in [0.5, 0.6) is 0 Å². The molecule has 19 heavy (non-hydrogen) atoms. The topological polar surface area (TPSA) is 68.2 Å². The predicted molar refractivity (Wildman–Crippen MR) is 74.2 cm³/mol. The lowest BCUT2D eigenvalue weighted by Gasteiger charge is -2.23. The summed E-state index contributed by atoms with van der Waals surface area (Å²) in [6.45, 7) is 2.13. The lowest BCUT2D eigenvalue weighted by Crippen LogP contribution is -2.26. The van der Waals surface area contributed by atoms with E-state index in [1.165, 1.54) is 25.7 Å². The second-order valence-corrected chi connectivity index (χ2v) is 5.95. The molecule has 1 aromatic heterocycles. The van der Waals surface area contributed by atoms with Gasteiger partial charge in [-0.15, -0.1) is 0 Å². The van der Waals surface area contributed by atoms with Crippen molar-refractivity contribution in [3.63, 3.8) is 0 Å². The maximum absolute atomic E-state index is 5.94. The van der Waals surface area contributed by atoms with Crippen molar-refractivity contribution in [2.24, 2.45) is 5.73 Å². The SMILES string of the molecule is NC1CCC(c2nc(N3CCCCCC3)no2)CC1. The van der Waals surface area contributed by atoms with Crippen molar-refractivity contribution >= 4 is 5.95 Å². The lowest BCUT2D eigenvalue weighted by atomic mass is 9.86. The fourth-order valence-electron chi connectivity index (χ4n) is 3.16. The maximum Gasteiger partial charge on any atom is 0.266 e. The molecule has 5 heteroatoms. The number of anilines is 1. The van der Waals surface area contributed by atoms with Gasteiger partial charge in [0.15, 0.2) is 0 Å². The first-order valence-electron chi connectivity index (χ1n) is 7.67. The minimum absolute atomic E-state index is 0.365. The van der Waals surface area contributed by atoms with Crippen LogP contribution in [-0.4, -0.2) is 29.3 Å². The molecular weight excluding hydrogens is 240 g/mol. The van der Waals surface area contributed by atoms with Crippen LogP contribution in [0, 0.1) is 0 Å². The number of aromatic nitrogens is 2. The number of hydrogen-bond acceptors (Lipinski definition) is 5. The first-order chi connectivity index (χ1) is 9.33. The maximum atomic E-state index is 5.94. The Kier molecular flexibility index (Phi) is 4.01. The van der Waals surface area contributed by atoms with E-state index in [4.69, 9.17) is 10.3 Å². The van der Waals surface area contributed by atoms with Gasteiger partial charge in [0.2, 0.25) is 5.89 Å². The van der Waals surface area contributed by atoms with Crippen molar-refractivity contribution < 1.29 is 4.52 Å². The van der Waals surface area contributed by atoms with Crippen molar-refractivity contribution in [3.8, 4) is 0 Å². The highest BCUT2D eigenvalue weighted by atomic mass is 16.5. The second-order valence-electron chi connectivity index (χ2n) is 5.95. The van der Waals surface area contributed by atoms with Gasteiger partial charge in [-0.05, 0) is 43.7 Å². The van der Waals surface area contributed by atoms with Crippen molar-refractivity contribution in [2.45, 2.75) is 63.3 Å². The Morgan fingerprint density at radius 2 is 1.68 bits per heavy atom. The van der Waals surface area contributed by atoms with Gasteiger partial charge in [0.1, 0.15) is 0 Å². The van der Waals surface area contributed by atoms with E-state index in [1.807, 2.05) is 0 Å². The molecular formula is C14H24N4O. The monoisotopic (exact) mass is 264 g/mol. The van der Waals surface area contributed by atoms with E-state index in [1.54, 1.807) is 0 Å². The standard InChI is InChI=1S/C14H24N4O/c15-12-7-5-11(6-8-12)13-16-14(17-19-13)18-9-3-1-2-4-10-18/h11-12H,1-10,15H2. The molecule has 0 bridgehead atoms. The normalized spacial score (nSPS) is 29.2. The summed E-state index contributed by atoms with van der Waals surface area (Å²) < 4.78 is 5.49. The highest BCUT2D eigenvalue weighted by molar-refractivity contribution is 5.28. The summed E-state index contributed by atoms with van der Waals surface area (Å²) in [6.07, 6.45) is 9.44. The van der Waals surface area contributed by atoms with Crippen molar-refractivity contribution in [2.75, 3.05) is 18.0 Å². The fraction of sp³-hybridized carbons (Fsp3) is 0.857. The molecule has 1 aliphatic carbocycles. The van der Waals surface area contributed by atoms with Gasteiger partial charge in [-0.25, -0.2) is 0 Å². The van der Waals surface area contributed by atoms with Gasteiger partial charge in [-0.2, -0.15) is 4.98 Å². The molecule has 1 aromatic rings. The van der Waals surface area contributed by atoms with Gasteiger partial charge in [0, 0.05) is 25.0 Å². The summed E-state index contributed by atoms with van der Waals surface area (Å²) in [4.78, 5) is 6.90. The van der Waals surface area contributed by atoms with Crippen molar-refractivity contribution in [1.29, 1.82) is 0 Å². The molecule has 1 saturated carbocycles. The summed E-state index contributed by atoms with van der Waals surface area (Å²) in [7, 11) is 0. The molecule has 0 spiro atoms. The Balaban J connectivity index is 1.65. The predicted octanol–water partition coefficient (Wildman–Crippen LogP) is 2.43. The molecule has 2 heterocycles. The summed E-state index contributed by atoms with van der Waals surface area (Å²) in [5.41, 5.74) is 5.94. The van der Waals surface area contributed by atoms with Gasteiger partial charge in [-0.3, -0.25) is 0 Å². The summed E-state index contributed by atoms with van der Waals surface area (Å²) >= 11 is 0. The van der Waals surface area contributed by atoms with Gasteiger partial charge < -0.3 is 15.2 Å². The van der Waals surface area contributed by atoms with Gasteiger partial charge in [-0.1, -0.05) is 12.8 Å². The molecule has 2 fully saturated rings. The van der Waals surface area contributed by atoms with E-state index in [9.17, 15) is 0 Å². The largest absolute Gasteiger partial charge is 0.338 e. The molecule has 0 atom stereocenters. The van der Waals surface area contributed by atoms with Crippen LogP contribution in [0.1, 0.15) is 63.2 Å². The van der Waals surface area contributed by atoms with Gasteiger partial charge in [0.25, 0.3) is 5.95 Å². The minimum Gasteiger partial charge on any atom is -0.338 e. The number of nitrogens with two attached hydrogens (primary N) is 1. The second kappa shape index (κ2) is 5.90. The first kappa shape index (κ1) is 12.9. The highest BCUT2D eigenvalue weighted by Gasteiger charge is 2.26. The average molecular weight is 264 g/mol. The fourth-order valence-corrected chi connectivity index (χ4v) is 3.16. The summed E-state index contributed by atoms with van der Waals surface area (Å²) in [5.74, 6) is 2.05. The third kappa shape index (κ3) is 3.08. The van der Waals surface area contributed by atoms with Crippen LogP contribution in [0.3, 0.4) is 0 Å². The average Bonchev–Trinajstić information content (AvgIpc) is 2.76. The smallest absolute Gasteiger partial charge is 0.266 e. The Hall–Kier alpha value is -1.10. The van der Waals surface area contributed by atoms with Crippen molar-refractivity contribution in [3.05, 3.63) is 5.89 Å². The zero-order valence-electron chi connectivity index (χ0n) is 11.6. The summed E-state index contributed by atoms with van der Waals surface area (Å²) in [5, 5.41) is 4.18.